The number of aromatic nitrogens is 2. The molecule has 1 atom stereocenters. The van der Waals surface area contributed by atoms with E-state index in [1.165, 1.54) is 40.2 Å². The molecule has 0 radical (unpaired) electrons. The van der Waals surface area contributed by atoms with Crippen LogP contribution in [0.1, 0.15) is 11.1 Å². The van der Waals surface area contributed by atoms with Gasteiger partial charge in [-0.1, -0.05) is 24.3 Å². The molecule has 3 aromatic rings. The van der Waals surface area contributed by atoms with Crippen molar-refractivity contribution in [3.63, 3.8) is 0 Å². The summed E-state index contributed by atoms with van der Waals surface area (Å²) in [6, 6.07) is 12.3. The van der Waals surface area contributed by atoms with E-state index in [0.29, 0.717) is 17.4 Å². The number of aliphatic hydroxyl groups excluding tert-OH is 1. The third kappa shape index (κ3) is 3.38. The third-order valence-electron chi connectivity index (χ3n) is 4.87. The van der Waals surface area contributed by atoms with Gasteiger partial charge < -0.3 is 5.11 Å². The number of fused-ring (bicyclic) bond motifs is 2. The summed E-state index contributed by atoms with van der Waals surface area (Å²) in [4.78, 5) is 18.8. The Bertz CT molecular complexity index is 1000. The number of hydrogen-bond acceptors (Lipinski definition) is 4. The van der Waals surface area contributed by atoms with Crippen molar-refractivity contribution in [1.82, 2.24) is 14.5 Å². The number of halogens is 1. The van der Waals surface area contributed by atoms with Gasteiger partial charge >= 0.3 is 0 Å². The summed E-state index contributed by atoms with van der Waals surface area (Å²) in [7, 11) is 0. The molecule has 0 saturated carbocycles. The Hall–Kier alpha value is -2.57. The lowest BCUT2D eigenvalue weighted by molar-refractivity contribution is 0.0908. The summed E-state index contributed by atoms with van der Waals surface area (Å²) in [5, 5.41) is 10.8. The number of aliphatic hydroxyl groups is 1. The second kappa shape index (κ2) is 6.97. The third-order valence-corrected chi connectivity index (χ3v) is 4.87. The Morgan fingerprint density at radius 1 is 1.15 bits per heavy atom. The van der Waals surface area contributed by atoms with Gasteiger partial charge in [0.2, 0.25) is 0 Å². The molecule has 1 aromatic heterocycles. The van der Waals surface area contributed by atoms with Gasteiger partial charge in [0.25, 0.3) is 5.56 Å². The first-order valence-corrected chi connectivity index (χ1v) is 8.72. The quantitative estimate of drug-likeness (QED) is 0.779. The van der Waals surface area contributed by atoms with E-state index in [4.69, 9.17) is 0 Å². The average Bonchev–Trinajstić information content (AvgIpc) is 2.64. The molecule has 5 nitrogen and oxygen atoms in total. The number of hydrogen-bond donors (Lipinski definition) is 1. The highest BCUT2D eigenvalue weighted by Crippen LogP contribution is 2.18. The van der Waals surface area contributed by atoms with Gasteiger partial charge in [0.1, 0.15) is 5.82 Å². The zero-order valence-corrected chi connectivity index (χ0v) is 14.3. The van der Waals surface area contributed by atoms with Crippen LogP contribution < -0.4 is 5.56 Å². The minimum absolute atomic E-state index is 0.164. The Kier molecular flexibility index (Phi) is 4.53. The SMILES string of the molecule is O=c1c2ccc(F)cc2ncn1CC(O)CN1CCc2ccccc2C1. The standard InChI is InChI=1S/C20H20FN3O2/c21-16-5-6-18-19(9-16)22-13-24(20(18)26)12-17(25)11-23-8-7-14-3-1-2-4-15(14)10-23/h1-6,9,13,17,25H,7-8,10-12H2. The minimum atomic E-state index is -0.683. The first-order valence-electron chi connectivity index (χ1n) is 8.72. The van der Waals surface area contributed by atoms with E-state index in [-0.39, 0.29) is 12.1 Å². The Morgan fingerprint density at radius 2 is 1.96 bits per heavy atom. The van der Waals surface area contributed by atoms with Gasteiger partial charge in [0.05, 0.1) is 29.9 Å². The summed E-state index contributed by atoms with van der Waals surface area (Å²) in [5.41, 5.74) is 2.71. The zero-order valence-electron chi connectivity index (χ0n) is 14.3. The second-order valence-electron chi connectivity index (χ2n) is 6.77. The van der Waals surface area contributed by atoms with E-state index in [1.54, 1.807) is 0 Å². The molecule has 0 saturated heterocycles. The Labute approximate surface area is 150 Å². The fraction of sp³-hybridized carbons (Fsp3) is 0.300. The molecule has 0 fully saturated rings. The van der Waals surface area contributed by atoms with Crippen LogP contribution in [0.5, 0.6) is 0 Å². The first kappa shape index (κ1) is 16.9. The van der Waals surface area contributed by atoms with Gasteiger partial charge in [-0.05, 0) is 29.7 Å². The van der Waals surface area contributed by atoms with Crippen molar-refractivity contribution in [3.05, 3.63) is 76.1 Å². The second-order valence-corrected chi connectivity index (χ2v) is 6.77. The molecule has 0 aliphatic carbocycles. The van der Waals surface area contributed by atoms with Gasteiger partial charge in [0.15, 0.2) is 0 Å². The lowest BCUT2D eigenvalue weighted by Gasteiger charge is -2.30. The molecule has 1 aliphatic rings. The fourth-order valence-electron chi connectivity index (χ4n) is 3.55. The maximum atomic E-state index is 13.3. The zero-order chi connectivity index (χ0) is 18.1. The van der Waals surface area contributed by atoms with E-state index in [1.807, 2.05) is 12.1 Å². The molecule has 4 rings (SSSR count). The number of benzene rings is 2. The maximum absolute atomic E-state index is 13.3. The molecular formula is C20H20FN3O2. The Morgan fingerprint density at radius 3 is 2.81 bits per heavy atom. The van der Waals surface area contributed by atoms with Gasteiger partial charge in [-0.2, -0.15) is 0 Å². The molecule has 0 amide bonds. The summed E-state index contributed by atoms with van der Waals surface area (Å²) in [5.74, 6) is -0.424. The topological polar surface area (TPSA) is 58.4 Å². The van der Waals surface area contributed by atoms with Crippen LogP contribution in [0.15, 0.2) is 53.6 Å². The highest BCUT2D eigenvalue weighted by atomic mass is 19.1. The molecule has 1 aliphatic heterocycles. The maximum Gasteiger partial charge on any atom is 0.261 e. The van der Waals surface area contributed by atoms with E-state index in [9.17, 15) is 14.3 Å². The van der Waals surface area contributed by atoms with Crippen LogP contribution in [0.25, 0.3) is 10.9 Å². The van der Waals surface area contributed by atoms with Crippen LogP contribution in [0.2, 0.25) is 0 Å². The smallest absolute Gasteiger partial charge is 0.261 e. The van der Waals surface area contributed by atoms with Gasteiger partial charge in [-0.15, -0.1) is 0 Å². The molecule has 1 unspecified atom stereocenters. The van der Waals surface area contributed by atoms with Crippen molar-refractivity contribution >= 4 is 10.9 Å². The lowest BCUT2D eigenvalue weighted by atomic mass is 10.00. The Balaban J connectivity index is 1.46. The summed E-state index contributed by atoms with van der Waals surface area (Å²) < 4.78 is 14.6. The molecule has 2 heterocycles. The van der Waals surface area contributed by atoms with Crippen molar-refractivity contribution in [2.45, 2.75) is 25.6 Å². The van der Waals surface area contributed by atoms with Crippen LogP contribution in [0, 0.1) is 5.82 Å². The molecule has 0 spiro atoms. The minimum Gasteiger partial charge on any atom is -0.390 e. The fourth-order valence-corrected chi connectivity index (χ4v) is 3.55. The monoisotopic (exact) mass is 353 g/mol. The number of β-amino-alcohol motifs (C(OH)–C–C–N with tert-alkyl or cyclic N) is 1. The van der Waals surface area contributed by atoms with Crippen molar-refractivity contribution in [2.75, 3.05) is 13.1 Å². The molecule has 2 aromatic carbocycles. The molecule has 6 heteroatoms. The highest BCUT2D eigenvalue weighted by Gasteiger charge is 2.19. The normalized spacial score (nSPS) is 15.8. The van der Waals surface area contributed by atoms with Crippen molar-refractivity contribution in [1.29, 1.82) is 0 Å². The van der Waals surface area contributed by atoms with Crippen LogP contribution in [-0.2, 0) is 19.5 Å². The highest BCUT2D eigenvalue weighted by molar-refractivity contribution is 5.77. The predicted octanol–water partition coefficient (Wildman–Crippen LogP) is 1.95. The van der Waals surface area contributed by atoms with E-state index in [0.717, 1.165) is 19.5 Å². The number of nitrogens with zero attached hydrogens (tertiary/aromatic N) is 3. The van der Waals surface area contributed by atoms with Crippen LogP contribution in [0.4, 0.5) is 4.39 Å². The van der Waals surface area contributed by atoms with Crippen LogP contribution >= 0.6 is 0 Å². The molecule has 134 valence electrons. The van der Waals surface area contributed by atoms with Crippen molar-refractivity contribution in [2.24, 2.45) is 0 Å². The van der Waals surface area contributed by atoms with Gasteiger partial charge in [-0.3, -0.25) is 14.3 Å². The van der Waals surface area contributed by atoms with Gasteiger partial charge in [0, 0.05) is 25.7 Å². The van der Waals surface area contributed by atoms with E-state index in [2.05, 4.69) is 22.0 Å². The average molecular weight is 353 g/mol. The molecule has 26 heavy (non-hydrogen) atoms. The molecule has 0 bridgehead atoms. The largest absolute Gasteiger partial charge is 0.390 e. The lowest BCUT2D eigenvalue weighted by Crippen LogP contribution is -2.39. The molecular weight excluding hydrogens is 333 g/mol. The van der Waals surface area contributed by atoms with Gasteiger partial charge in [-0.25, -0.2) is 9.37 Å². The van der Waals surface area contributed by atoms with Crippen molar-refractivity contribution in [3.8, 4) is 0 Å². The van der Waals surface area contributed by atoms with Crippen molar-refractivity contribution < 1.29 is 9.50 Å². The van der Waals surface area contributed by atoms with E-state index >= 15 is 0 Å². The number of rotatable bonds is 4. The van der Waals surface area contributed by atoms with Crippen LogP contribution in [-0.4, -0.2) is 38.8 Å². The van der Waals surface area contributed by atoms with E-state index < -0.39 is 11.9 Å². The summed E-state index contributed by atoms with van der Waals surface area (Å²) in [6.45, 7) is 2.34. The predicted molar refractivity (Wildman–Crippen MR) is 97.4 cm³/mol. The van der Waals surface area contributed by atoms with Crippen LogP contribution in [0.3, 0.4) is 0 Å². The summed E-state index contributed by atoms with van der Waals surface area (Å²) in [6.07, 6.45) is 1.66. The summed E-state index contributed by atoms with van der Waals surface area (Å²) >= 11 is 0. The molecule has 1 N–H and O–H groups in total. The first-order chi connectivity index (χ1) is 12.6.